The van der Waals surface area contributed by atoms with Gasteiger partial charge in [-0.25, -0.2) is 0 Å². The van der Waals surface area contributed by atoms with Crippen LogP contribution >= 0.6 is 0 Å². The van der Waals surface area contributed by atoms with Crippen molar-refractivity contribution in [1.82, 2.24) is 0 Å². The van der Waals surface area contributed by atoms with Gasteiger partial charge in [0.15, 0.2) is 0 Å². The SMILES string of the molecule is O=[N+]([O-])c1cc(C(F)(F)F)cc([N+](=O)[O-])c1[N-]c1ccccc1. The number of nitrogens with zero attached hydrogens (tertiary/aromatic N) is 3. The van der Waals surface area contributed by atoms with Gasteiger partial charge in [-0.3, -0.25) is 20.2 Å². The molecule has 2 aromatic carbocycles. The smallest absolute Gasteiger partial charge is 0.416 e. The maximum absolute atomic E-state index is 12.8. The molecule has 0 saturated heterocycles. The summed E-state index contributed by atoms with van der Waals surface area (Å²) in [7, 11) is 0. The number of hydrogen-bond acceptors (Lipinski definition) is 4. The average molecular weight is 326 g/mol. The van der Waals surface area contributed by atoms with Gasteiger partial charge in [0.05, 0.1) is 15.4 Å². The molecule has 0 amide bonds. The lowest BCUT2D eigenvalue weighted by Crippen LogP contribution is -2.07. The fourth-order valence-corrected chi connectivity index (χ4v) is 1.79. The lowest BCUT2D eigenvalue weighted by atomic mass is 10.1. The van der Waals surface area contributed by atoms with Crippen molar-refractivity contribution in [2.24, 2.45) is 0 Å². The van der Waals surface area contributed by atoms with Crippen LogP contribution in [0.15, 0.2) is 42.5 Å². The van der Waals surface area contributed by atoms with E-state index in [9.17, 15) is 33.4 Å². The Labute approximate surface area is 126 Å². The Bertz CT molecular complexity index is 728. The minimum Gasteiger partial charge on any atom is -0.647 e. The second-order valence-corrected chi connectivity index (χ2v) is 4.32. The van der Waals surface area contributed by atoms with Crippen molar-refractivity contribution in [3.05, 3.63) is 73.6 Å². The first-order valence-electron chi connectivity index (χ1n) is 6.01. The monoisotopic (exact) mass is 326 g/mol. The minimum atomic E-state index is -4.96. The molecule has 2 rings (SSSR count). The normalized spacial score (nSPS) is 11.1. The van der Waals surface area contributed by atoms with Crippen molar-refractivity contribution in [3.8, 4) is 0 Å². The first-order valence-corrected chi connectivity index (χ1v) is 6.01. The number of alkyl halides is 3. The molecule has 0 N–H and O–H groups in total. The van der Waals surface area contributed by atoms with Crippen LogP contribution in [0.2, 0.25) is 0 Å². The van der Waals surface area contributed by atoms with Gasteiger partial charge in [-0.1, -0.05) is 30.3 Å². The Morgan fingerprint density at radius 2 is 1.39 bits per heavy atom. The van der Waals surface area contributed by atoms with E-state index in [4.69, 9.17) is 0 Å². The van der Waals surface area contributed by atoms with E-state index in [1.165, 1.54) is 24.3 Å². The highest BCUT2D eigenvalue weighted by Gasteiger charge is 2.35. The molecule has 23 heavy (non-hydrogen) atoms. The molecule has 0 aliphatic rings. The van der Waals surface area contributed by atoms with Gasteiger partial charge in [0.1, 0.15) is 0 Å². The summed E-state index contributed by atoms with van der Waals surface area (Å²) < 4.78 is 38.3. The number of benzene rings is 2. The molecule has 0 heterocycles. The third kappa shape index (κ3) is 3.54. The number of para-hydroxylation sites is 1. The third-order valence-electron chi connectivity index (χ3n) is 2.79. The highest BCUT2D eigenvalue weighted by molar-refractivity contribution is 5.83. The summed E-state index contributed by atoms with van der Waals surface area (Å²) in [5, 5.41) is 25.8. The molecule has 0 aliphatic heterocycles. The number of nitro benzene ring substituents is 2. The third-order valence-corrected chi connectivity index (χ3v) is 2.79. The van der Waals surface area contributed by atoms with Gasteiger partial charge in [0.2, 0.25) is 0 Å². The first-order chi connectivity index (χ1) is 10.7. The molecule has 7 nitrogen and oxygen atoms in total. The zero-order chi connectivity index (χ0) is 17.2. The van der Waals surface area contributed by atoms with Crippen molar-refractivity contribution < 1.29 is 23.0 Å². The molecular formula is C13H7F3N3O4-. The summed E-state index contributed by atoms with van der Waals surface area (Å²) in [5.74, 6) is 0. The fourth-order valence-electron chi connectivity index (χ4n) is 1.79. The van der Waals surface area contributed by atoms with Crippen molar-refractivity contribution in [3.63, 3.8) is 0 Å². The van der Waals surface area contributed by atoms with E-state index in [2.05, 4.69) is 5.32 Å². The summed E-state index contributed by atoms with van der Waals surface area (Å²) in [4.78, 5) is 19.8. The van der Waals surface area contributed by atoms with Crippen molar-refractivity contribution in [2.45, 2.75) is 6.18 Å². The van der Waals surface area contributed by atoms with Crippen LogP contribution in [0.25, 0.3) is 5.32 Å². The molecule has 0 spiro atoms. The van der Waals surface area contributed by atoms with Crippen LogP contribution in [-0.2, 0) is 6.18 Å². The highest BCUT2D eigenvalue weighted by Crippen LogP contribution is 2.47. The topological polar surface area (TPSA) is 100 Å². The van der Waals surface area contributed by atoms with Gasteiger partial charge in [0.25, 0.3) is 11.4 Å². The molecule has 0 atom stereocenters. The number of hydrogen-bond donors (Lipinski definition) is 0. The molecule has 120 valence electrons. The molecule has 0 unspecified atom stereocenters. The average Bonchev–Trinajstić information content (AvgIpc) is 2.46. The Morgan fingerprint density at radius 1 is 0.913 bits per heavy atom. The fraction of sp³-hybridized carbons (Fsp3) is 0.0769. The number of nitro groups is 2. The second kappa shape index (κ2) is 5.91. The maximum Gasteiger partial charge on any atom is 0.416 e. The molecule has 0 aliphatic carbocycles. The molecule has 2 aromatic rings. The highest BCUT2D eigenvalue weighted by atomic mass is 19.4. The number of halogens is 3. The number of rotatable bonds is 4. The van der Waals surface area contributed by atoms with E-state index in [0.717, 1.165) is 0 Å². The van der Waals surface area contributed by atoms with Gasteiger partial charge in [0, 0.05) is 17.8 Å². The van der Waals surface area contributed by atoms with E-state index >= 15 is 0 Å². The molecular weight excluding hydrogens is 319 g/mol. The van der Waals surface area contributed by atoms with E-state index in [0.29, 0.717) is 0 Å². The Balaban J connectivity index is 2.67. The predicted octanol–water partition coefficient (Wildman–Crippen LogP) is 4.86. The van der Waals surface area contributed by atoms with E-state index in [-0.39, 0.29) is 17.8 Å². The van der Waals surface area contributed by atoms with Crippen LogP contribution in [0.1, 0.15) is 5.56 Å². The van der Waals surface area contributed by atoms with E-state index < -0.39 is 38.6 Å². The predicted molar refractivity (Wildman–Crippen MR) is 73.9 cm³/mol. The van der Waals surface area contributed by atoms with Crippen molar-refractivity contribution in [1.29, 1.82) is 0 Å². The zero-order valence-electron chi connectivity index (χ0n) is 11.1. The van der Waals surface area contributed by atoms with Crippen molar-refractivity contribution >= 4 is 22.7 Å². The van der Waals surface area contributed by atoms with Crippen LogP contribution < -0.4 is 0 Å². The van der Waals surface area contributed by atoms with Gasteiger partial charge < -0.3 is 5.32 Å². The van der Waals surface area contributed by atoms with Crippen LogP contribution in [0.4, 0.5) is 35.9 Å². The standard InChI is InChI=1S/C13H7F3N3O4/c14-13(15,16)8-6-10(18(20)21)12(11(7-8)19(22)23)17-9-4-2-1-3-5-9/h1-7H/q-1. The Hall–Kier alpha value is -3.17. The van der Waals surface area contributed by atoms with E-state index in [1.807, 2.05) is 0 Å². The first kappa shape index (κ1) is 16.2. The largest absolute Gasteiger partial charge is 0.647 e. The zero-order valence-corrected chi connectivity index (χ0v) is 11.1. The summed E-state index contributed by atoms with van der Waals surface area (Å²) in [6, 6.07) is 7.95. The van der Waals surface area contributed by atoms with Gasteiger partial charge in [-0.15, -0.1) is 5.69 Å². The van der Waals surface area contributed by atoms with Crippen LogP contribution in [0, 0.1) is 20.2 Å². The lowest BCUT2D eigenvalue weighted by Gasteiger charge is -2.22. The summed E-state index contributed by atoms with van der Waals surface area (Å²) in [5.41, 5.74) is -4.26. The molecule has 0 aromatic heterocycles. The van der Waals surface area contributed by atoms with E-state index in [1.54, 1.807) is 6.07 Å². The van der Waals surface area contributed by atoms with Gasteiger partial charge >= 0.3 is 6.18 Å². The maximum atomic E-state index is 12.8. The second-order valence-electron chi connectivity index (χ2n) is 4.32. The van der Waals surface area contributed by atoms with Gasteiger partial charge in [-0.05, 0) is 0 Å². The molecule has 0 radical (unpaired) electrons. The summed E-state index contributed by atoms with van der Waals surface area (Å²) >= 11 is 0. The Kier molecular flexibility index (Phi) is 4.16. The molecule has 0 saturated carbocycles. The minimum absolute atomic E-state index is 0.137. The summed E-state index contributed by atoms with van der Waals surface area (Å²) in [6.45, 7) is 0. The molecule has 0 fully saturated rings. The van der Waals surface area contributed by atoms with Crippen molar-refractivity contribution in [2.75, 3.05) is 0 Å². The van der Waals surface area contributed by atoms with Crippen LogP contribution in [-0.4, -0.2) is 9.85 Å². The van der Waals surface area contributed by atoms with Crippen LogP contribution in [0.3, 0.4) is 0 Å². The Morgan fingerprint density at radius 3 is 1.78 bits per heavy atom. The molecule has 10 heteroatoms. The van der Waals surface area contributed by atoms with Crippen LogP contribution in [0.5, 0.6) is 0 Å². The lowest BCUT2D eigenvalue weighted by molar-refractivity contribution is -0.392. The molecule has 0 bridgehead atoms. The summed E-state index contributed by atoms with van der Waals surface area (Å²) in [6.07, 6.45) is -4.96. The quantitative estimate of drug-likeness (QED) is 0.591. The van der Waals surface area contributed by atoms with Gasteiger partial charge in [-0.2, -0.15) is 13.2 Å².